The highest BCUT2D eigenvalue weighted by molar-refractivity contribution is 7.80. The largest absolute Gasteiger partial charge is 0.375 e. The second-order valence-electron chi connectivity index (χ2n) is 20.2. The first-order chi connectivity index (χ1) is 40.0. The van der Waals surface area contributed by atoms with E-state index in [2.05, 4.69) is 84.7 Å². The molecule has 0 aliphatic rings. The van der Waals surface area contributed by atoms with Crippen LogP contribution in [-0.2, 0) is 14.4 Å². The Morgan fingerprint density at radius 3 is 0.902 bits per heavy atom. The molecular weight excluding hydrogens is 1090 g/mol. The zero-order valence-corrected chi connectivity index (χ0v) is 47.9. The number of fused-ring (bicyclic) bond motifs is 3. The zero-order valence-electron chi connectivity index (χ0n) is 45.2. The Hall–Kier alpha value is -8.19. The lowest BCUT2D eigenvalue weighted by atomic mass is 9.85. The summed E-state index contributed by atoms with van der Waals surface area (Å²) in [5.74, 6) is -0.0360. The number of carbonyl (C=O) groups excluding carboxylic acids is 6. The van der Waals surface area contributed by atoms with Gasteiger partial charge in [-0.05, 0) is 90.6 Å². The minimum Gasteiger partial charge on any atom is -0.375 e. The number of hydrogen-bond acceptors (Lipinski definition) is 12. The molecule has 0 radical (unpaired) electrons. The molecule has 0 saturated heterocycles. The number of hydrogen-bond donors (Lipinski definition) is 12. The predicted molar refractivity (Wildman–Crippen MR) is 339 cm³/mol. The van der Waals surface area contributed by atoms with Gasteiger partial charge < -0.3 is 46.9 Å². The number of para-hydroxylation sites is 3. The summed E-state index contributed by atoms with van der Waals surface area (Å²) in [5, 5.41) is 21.5. The molecule has 0 bridgehead atoms. The van der Waals surface area contributed by atoms with Gasteiger partial charge in [0.15, 0.2) is 17.3 Å². The monoisotopic (exact) mass is 1150 g/mol. The molecule has 3 atom stereocenters. The smallest absolute Gasteiger partial charge is 0.253 e. The van der Waals surface area contributed by atoms with E-state index in [1.807, 2.05) is 146 Å². The average Bonchev–Trinajstić information content (AvgIpc) is 4.37. The molecule has 422 valence electrons. The van der Waals surface area contributed by atoms with Crippen LogP contribution in [0.15, 0.2) is 164 Å². The van der Waals surface area contributed by atoms with Crippen molar-refractivity contribution in [3.05, 3.63) is 198 Å². The van der Waals surface area contributed by atoms with E-state index in [0.717, 1.165) is 66.5 Å². The number of rotatable bonds is 30. The number of Topliss-reactive ketones (excluding diaryl/α,β-unsaturated/α-hetero) is 3. The first-order valence-corrected chi connectivity index (χ1v) is 29.4. The fraction of sp³-hybridized carbons (Fsp3) is 0.250. The second kappa shape index (κ2) is 28.5. The van der Waals surface area contributed by atoms with Gasteiger partial charge in [-0.25, -0.2) is 0 Å². The van der Waals surface area contributed by atoms with E-state index in [-0.39, 0.29) is 77.5 Å². The third kappa shape index (κ3) is 14.6. The molecular formula is C64H67N9O6S3. The molecule has 0 saturated carbocycles. The highest BCUT2D eigenvalue weighted by Crippen LogP contribution is 2.35. The van der Waals surface area contributed by atoms with Crippen molar-refractivity contribution < 1.29 is 28.8 Å². The van der Waals surface area contributed by atoms with Gasteiger partial charge in [-0.3, -0.25) is 28.8 Å². The van der Waals surface area contributed by atoms with Crippen molar-refractivity contribution in [3.8, 4) is 0 Å². The van der Waals surface area contributed by atoms with Gasteiger partial charge in [0.25, 0.3) is 17.7 Å². The van der Waals surface area contributed by atoms with Crippen molar-refractivity contribution in [2.75, 3.05) is 52.8 Å². The maximum Gasteiger partial charge on any atom is 0.253 e. The molecule has 9 aromatic rings. The van der Waals surface area contributed by atoms with Crippen LogP contribution in [0.4, 0.5) is 17.1 Å². The Bertz CT molecular complexity index is 3270. The number of anilines is 3. The molecule has 18 heteroatoms. The lowest BCUT2D eigenvalue weighted by Gasteiger charge is -2.23. The maximum absolute atomic E-state index is 13.5. The molecule has 3 aromatic heterocycles. The fourth-order valence-electron chi connectivity index (χ4n) is 10.2. The minimum absolute atomic E-state index is 0.0129. The highest BCUT2D eigenvalue weighted by atomic mass is 32.1. The quantitative estimate of drug-likeness (QED) is 0.0117. The van der Waals surface area contributed by atoms with Gasteiger partial charge in [0.2, 0.25) is 0 Å². The summed E-state index contributed by atoms with van der Waals surface area (Å²) in [6.45, 7) is 1.05. The van der Waals surface area contributed by atoms with Crippen molar-refractivity contribution in [1.82, 2.24) is 30.9 Å². The molecule has 9 N–H and O–H groups in total. The van der Waals surface area contributed by atoms with E-state index in [1.165, 1.54) is 0 Å². The summed E-state index contributed by atoms with van der Waals surface area (Å²) < 4.78 is 0. The average molecular weight is 1150 g/mol. The Balaban J connectivity index is 0.827. The Kier molecular flexibility index (Phi) is 20.3. The standard InChI is InChI=1S/C64H67N9O6S3/c74-58(16-7-31-65-62(77)49-34-68-52-13-4-1-10-46(49)52)55(37-80)71-43-25-19-40(20-26-43)61(41-21-27-44(28-22-41)72-56(38-81)59(75)17-8-32-66-63(78)50-35-69-53-14-5-2-11-47(50)53)42-23-29-45(30-24-42)73-57(39-82)60(76)18-9-33-67-64(79)51-36-70-54-15-6-3-12-48(51)54/h1-6,10-15,19-30,34-36,55-57,61,68-73,80-82H,7-9,16-18,31-33,37-39H2,(H,65,77)(H,66,78)(H,67,79)/t55-,56-,57-/m0/s1. The van der Waals surface area contributed by atoms with Gasteiger partial charge in [-0.1, -0.05) is 91.0 Å². The lowest BCUT2D eigenvalue weighted by molar-refractivity contribution is -0.120. The number of ketones is 3. The van der Waals surface area contributed by atoms with Crippen LogP contribution >= 0.6 is 37.9 Å². The molecule has 15 nitrogen and oxygen atoms in total. The molecule has 9 rings (SSSR count). The molecule has 3 amide bonds. The number of thiol groups is 3. The minimum atomic E-state index is -0.552. The summed E-state index contributed by atoms with van der Waals surface area (Å²) in [4.78, 5) is 88.6. The van der Waals surface area contributed by atoms with Crippen LogP contribution in [0.25, 0.3) is 32.7 Å². The summed E-state index contributed by atoms with van der Waals surface area (Å²) in [6, 6.07) is 45.1. The van der Waals surface area contributed by atoms with Crippen molar-refractivity contribution in [3.63, 3.8) is 0 Å². The van der Waals surface area contributed by atoms with Crippen LogP contribution < -0.4 is 31.9 Å². The molecule has 0 aliphatic carbocycles. The number of carbonyl (C=O) groups is 6. The summed E-state index contributed by atoms with van der Waals surface area (Å²) in [7, 11) is 0. The first-order valence-electron chi connectivity index (χ1n) is 27.5. The SMILES string of the molecule is O=C(NCCCC(=O)[C@H](CS)Nc1ccc(C(c2ccc(N[C@@H](CS)C(=O)CCCNC(=O)c3c[nH]c4ccccc34)cc2)c2ccc(N[C@@H](CS)C(=O)CCCNC(=O)c3c[nH]c4ccccc34)cc2)cc1)c1c[nH]c2ccccc12. The molecule has 82 heavy (non-hydrogen) atoms. The molecule has 6 aromatic carbocycles. The Labute approximate surface area is 492 Å². The van der Waals surface area contributed by atoms with E-state index in [0.29, 0.717) is 55.6 Å². The van der Waals surface area contributed by atoms with Gasteiger partial charge in [0.1, 0.15) is 0 Å². The predicted octanol–water partition coefficient (Wildman–Crippen LogP) is 10.8. The second-order valence-corrected chi connectivity index (χ2v) is 21.3. The van der Waals surface area contributed by atoms with Crippen LogP contribution in [-0.4, -0.2) is 105 Å². The van der Waals surface area contributed by atoms with Crippen LogP contribution in [0.1, 0.15) is 92.2 Å². The summed E-state index contributed by atoms with van der Waals surface area (Å²) in [5.41, 5.74) is 9.52. The van der Waals surface area contributed by atoms with E-state index >= 15 is 0 Å². The van der Waals surface area contributed by atoms with Crippen LogP contribution in [0.2, 0.25) is 0 Å². The molecule has 3 heterocycles. The Morgan fingerprint density at radius 1 is 0.366 bits per heavy atom. The van der Waals surface area contributed by atoms with Gasteiger partial charge in [0, 0.05) is 130 Å². The molecule has 0 unspecified atom stereocenters. The topological polar surface area (TPSA) is 222 Å². The number of amides is 3. The van der Waals surface area contributed by atoms with E-state index in [1.54, 1.807) is 18.6 Å². The number of benzene rings is 6. The van der Waals surface area contributed by atoms with Crippen LogP contribution in [0, 0.1) is 0 Å². The molecule has 0 aliphatic heterocycles. The van der Waals surface area contributed by atoms with Crippen LogP contribution in [0.5, 0.6) is 0 Å². The number of aromatic amines is 3. The normalized spacial score (nSPS) is 12.4. The maximum atomic E-state index is 13.5. The number of nitrogens with one attached hydrogen (secondary N) is 9. The fourth-order valence-corrected chi connectivity index (χ4v) is 11.0. The summed E-state index contributed by atoms with van der Waals surface area (Å²) >= 11 is 13.6. The van der Waals surface area contributed by atoms with Gasteiger partial charge in [-0.2, -0.15) is 37.9 Å². The van der Waals surface area contributed by atoms with Crippen LogP contribution in [0.3, 0.4) is 0 Å². The Morgan fingerprint density at radius 2 is 0.634 bits per heavy atom. The van der Waals surface area contributed by atoms with Crippen molar-refractivity contribution in [2.45, 2.75) is 62.6 Å². The van der Waals surface area contributed by atoms with Gasteiger partial charge in [0.05, 0.1) is 34.8 Å². The molecule has 0 fully saturated rings. The van der Waals surface area contributed by atoms with Gasteiger partial charge in [-0.15, -0.1) is 0 Å². The first kappa shape index (κ1) is 58.5. The van der Waals surface area contributed by atoms with Crippen molar-refractivity contribution in [1.29, 1.82) is 0 Å². The summed E-state index contributed by atoms with van der Waals surface area (Å²) in [6.07, 6.45) is 7.29. The number of aromatic nitrogens is 3. The van der Waals surface area contributed by atoms with Crippen molar-refractivity contribution >= 4 is 123 Å². The third-order valence-corrected chi connectivity index (χ3v) is 15.7. The highest BCUT2D eigenvalue weighted by Gasteiger charge is 2.23. The molecule has 0 spiro atoms. The lowest BCUT2D eigenvalue weighted by Crippen LogP contribution is -2.32. The van der Waals surface area contributed by atoms with E-state index in [4.69, 9.17) is 0 Å². The third-order valence-electron chi connectivity index (χ3n) is 14.6. The van der Waals surface area contributed by atoms with Gasteiger partial charge >= 0.3 is 0 Å². The van der Waals surface area contributed by atoms with Crippen molar-refractivity contribution in [2.24, 2.45) is 0 Å². The zero-order chi connectivity index (χ0) is 57.4. The van der Waals surface area contributed by atoms with E-state index < -0.39 is 18.1 Å². The van der Waals surface area contributed by atoms with E-state index in [9.17, 15) is 28.8 Å². The number of H-pyrrole nitrogens is 3.